The monoisotopic (exact) mass is 258 g/mol. The number of hydrogen-bond acceptors (Lipinski definition) is 3. The molecule has 1 amide bonds. The summed E-state index contributed by atoms with van der Waals surface area (Å²) >= 11 is 0. The second-order valence-electron chi connectivity index (χ2n) is 4.45. The molecule has 1 aromatic heterocycles. The highest BCUT2D eigenvalue weighted by molar-refractivity contribution is 5.95. The number of aryl methyl sites for hydroxylation is 2. The summed E-state index contributed by atoms with van der Waals surface area (Å²) in [5, 5.41) is 7.01. The summed E-state index contributed by atoms with van der Waals surface area (Å²) in [5.74, 6) is -0.0574. The normalized spacial score (nSPS) is 10.4. The zero-order chi connectivity index (χ0) is 13.7. The van der Waals surface area contributed by atoms with Gasteiger partial charge < -0.3 is 11.1 Å². The van der Waals surface area contributed by atoms with Crippen molar-refractivity contribution in [3.8, 4) is 0 Å². The Morgan fingerprint density at radius 2 is 2.32 bits per heavy atom. The van der Waals surface area contributed by atoms with Crippen LogP contribution in [0.15, 0.2) is 36.7 Å². The van der Waals surface area contributed by atoms with E-state index in [0.717, 1.165) is 18.5 Å². The van der Waals surface area contributed by atoms with Crippen LogP contribution in [0.25, 0.3) is 0 Å². The van der Waals surface area contributed by atoms with Crippen molar-refractivity contribution in [3.05, 3.63) is 47.8 Å². The third-order valence-electron chi connectivity index (χ3n) is 2.90. The van der Waals surface area contributed by atoms with Crippen LogP contribution in [-0.4, -0.2) is 22.2 Å². The maximum Gasteiger partial charge on any atom is 0.251 e. The van der Waals surface area contributed by atoms with Gasteiger partial charge in [-0.3, -0.25) is 9.48 Å². The molecule has 0 spiro atoms. The topological polar surface area (TPSA) is 72.9 Å². The molecule has 0 aliphatic heterocycles. The van der Waals surface area contributed by atoms with Gasteiger partial charge in [-0.2, -0.15) is 5.10 Å². The Balaban J connectivity index is 1.81. The van der Waals surface area contributed by atoms with Crippen LogP contribution < -0.4 is 11.1 Å². The van der Waals surface area contributed by atoms with Gasteiger partial charge in [-0.15, -0.1) is 0 Å². The minimum absolute atomic E-state index is 0.0574. The number of amides is 1. The highest BCUT2D eigenvalue weighted by Crippen LogP contribution is 2.12. The second-order valence-corrected chi connectivity index (χ2v) is 4.45. The van der Waals surface area contributed by atoms with Crippen LogP contribution in [0.2, 0.25) is 0 Å². The first-order valence-corrected chi connectivity index (χ1v) is 6.28. The van der Waals surface area contributed by atoms with Crippen molar-refractivity contribution in [2.24, 2.45) is 0 Å². The number of carbonyl (C=O) groups excluding carboxylic acids is 1. The molecule has 100 valence electrons. The van der Waals surface area contributed by atoms with Gasteiger partial charge in [0.1, 0.15) is 0 Å². The van der Waals surface area contributed by atoms with Crippen LogP contribution in [0, 0.1) is 6.92 Å². The first-order chi connectivity index (χ1) is 9.16. The van der Waals surface area contributed by atoms with Crippen LogP contribution in [0.3, 0.4) is 0 Å². The zero-order valence-electron chi connectivity index (χ0n) is 11.0. The Bertz CT molecular complexity index is 549. The fourth-order valence-electron chi connectivity index (χ4n) is 1.91. The molecule has 2 aromatic rings. The third kappa shape index (κ3) is 3.58. The van der Waals surface area contributed by atoms with E-state index >= 15 is 0 Å². The molecule has 3 N–H and O–H groups in total. The Kier molecular flexibility index (Phi) is 4.18. The molecule has 2 rings (SSSR count). The SMILES string of the molecule is Cc1cc(N)ccc1C(=O)NCCCn1cccn1. The molecular formula is C14H18N4O. The Hall–Kier alpha value is -2.30. The van der Waals surface area contributed by atoms with E-state index in [-0.39, 0.29) is 5.91 Å². The van der Waals surface area contributed by atoms with Crippen LogP contribution >= 0.6 is 0 Å². The maximum absolute atomic E-state index is 12.0. The maximum atomic E-state index is 12.0. The molecule has 0 aliphatic carbocycles. The predicted molar refractivity (Wildman–Crippen MR) is 74.8 cm³/mol. The van der Waals surface area contributed by atoms with Crippen LogP contribution in [0.5, 0.6) is 0 Å². The van der Waals surface area contributed by atoms with Gasteiger partial charge in [0.05, 0.1) is 0 Å². The van der Waals surface area contributed by atoms with E-state index in [0.29, 0.717) is 17.8 Å². The Morgan fingerprint density at radius 3 is 3.00 bits per heavy atom. The minimum Gasteiger partial charge on any atom is -0.399 e. The number of nitrogens with two attached hydrogens (primary N) is 1. The number of benzene rings is 1. The second kappa shape index (κ2) is 6.04. The van der Waals surface area contributed by atoms with E-state index in [1.54, 1.807) is 24.4 Å². The van der Waals surface area contributed by atoms with E-state index in [2.05, 4.69) is 10.4 Å². The molecule has 0 saturated heterocycles. The molecular weight excluding hydrogens is 240 g/mol. The molecule has 0 unspecified atom stereocenters. The summed E-state index contributed by atoms with van der Waals surface area (Å²) in [4.78, 5) is 12.0. The first-order valence-electron chi connectivity index (χ1n) is 6.28. The van der Waals surface area contributed by atoms with Crippen molar-refractivity contribution in [1.29, 1.82) is 0 Å². The van der Waals surface area contributed by atoms with E-state index in [4.69, 9.17) is 5.73 Å². The minimum atomic E-state index is -0.0574. The average Bonchev–Trinajstić information content (AvgIpc) is 2.87. The summed E-state index contributed by atoms with van der Waals surface area (Å²) < 4.78 is 1.85. The number of nitrogens with zero attached hydrogens (tertiary/aromatic N) is 2. The van der Waals surface area contributed by atoms with Crippen molar-refractivity contribution in [2.75, 3.05) is 12.3 Å². The molecule has 1 heterocycles. The number of rotatable bonds is 5. The number of aromatic nitrogens is 2. The molecule has 0 bridgehead atoms. The summed E-state index contributed by atoms with van der Waals surface area (Å²) in [6, 6.07) is 7.19. The van der Waals surface area contributed by atoms with Gasteiger partial charge in [0.2, 0.25) is 0 Å². The summed E-state index contributed by atoms with van der Waals surface area (Å²) in [6.45, 7) is 3.31. The van der Waals surface area contributed by atoms with Gasteiger partial charge in [-0.25, -0.2) is 0 Å². The van der Waals surface area contributed by atoms with Crippen molar-refractivity contribution in [3.63, 3.8) is 0 Å². The molecule has 0 aliphatic rings. The van der Waals surface area contributed by atoms with Gasteiger partial charge in [-0.1, -0.05) is 0 Å². The molecule has 1 aromatic carbocycles. The van der Waals surface area contributed by atoms with Crippen molar-refractivity contribution >= 4 is 11.6 Å². The van der Waals surface area contributed by atoms with Gasteiger partial charge in [0, 0.05) is 36.7 Å². The predicted octanol–water partition coefficient (Wildman–Crippen LogP) is 1.59. The lowest BCUT2D eigenvalue weighted by Crippen LogP contribution is -2.26. The van der Waals surface area contributed by atoms with Gasteiger partial charge >= 0.3 is 0 Å². The van der Waals surface area contributed by atoms with E-state index in [1.165, 1.54) is 0 Å². The van der Waals surface area contributed by atoms with E-state index in [1.807, 2.05) is 23.9 Å². The molecule has 0 fully saturated rings. The van der Waals surface area contributed by atoms with Crippen molar-refractivity contribution < 1.29 is 4.79 Å². The number of anilines is 1. The van der Waals surface area contributed by atoms with Crippen molar-refractivity contribution in [2.45, 2.75) is 19.9 Å². The molecule has 0 atom stereocenters. The average molecular weight is 258 g/mol. The summed E-state index contributed by atoms with van der Waals surface area (Å²) in [5.41, 5.74) is 7.90. The Morgan fingerprint density at radius 1 is 1.47 bits per heavy atom. The van der Waals surface area contributed by atoms with Crippen LogP contribution in [0.1, 0.15) is 22.3 Å². The molecule has 0 saturated carbocycles. The number of carbonyl (C=O) groups is 1. The van der Waals surface area contributed by atoms with Crippen LogP contribution in [-0.2, 0) is 6.54 Å². The van der Waals surface area contributed by atoms with Gasteiger partial charge in [0.25, 0.3) is 5.91 Å². The van der Waals surface area contributed by atoms with Crippen LogP contribution in [0.4, 0.5) is 5.69 Å². The lowest BCUT2D eigenvalue weighted by atomic mass is 10.1. The highest BCUT2D eigenvalue weighted by atomic mass is 16.1. The van der Waals surface area contributed by atoms with E-state index < -0.39 is 0 Å². The molecule has 0 radical (unpaired) electrons. The summed E-state index contributed by atoms with van der Waals surface area (Å²) in [7, 11) is 0. The molecule has 5 nitrogen and oxygen atoms in total. The lowest BCUT2D eigenvalue weighted by molar-refractivity contribution is 0.0952. The number of nitrogen functional groups attached to an aromatic ring is 1. The van der Waals surface area contributed by atoms with E-state index in [9.17, 15) is 4.79 Å². The number of hydrogen-bond donors (Lipinski definition) is 2. The standard InChI is InChI=1S/C14H18N4O/c1-11-10-12(15)4-5-13(11)14(19)16-6-2-8-18-9-3-7-17-18/h3-5,7,9-10H,2,6,8,15H2,1H3,(H,16,19). The van der Waals surface area contributed by atoms with Gasteiger partial charge in [0.15, 0.2) is 0 Å². The Labute approximate surface area is 112 Å². The lowest BCUT2D eigenvalue weighted by Gasteiger charge is -2.08. The highest BCUT2D eigenvalue weighted by Gasteiger charge is 2.07. The first kappa shape index (κ1) is 13.1. The fourth-order valence-corrected chi connectivity index (χ4v) is 1.91. The molecule has 19 heavy (non-hydrogen) atoms. The number of nitrogens with one attached hydrogen (secondary N) is 1. The molecule has 5 heteroatoms. The largest absolute Gasteiger partial charge is 0.399 e. The van der Waals surface area contributed by atoms with Crippen molar-refractivity contribution in [1.82, 2.24) is 15.1 Å². The van der Waals surface area contributed by atoms with Gasteiger partial charge in [-0.05, 0) is 43.2 Å². The quantitative estimate of drug-likeness (QED) is 0.632. The smallest absolute Gasteiger partial charge is 0.251 e. The third-order valence-corrected chi connectivity index (χ3v) is 2.90. The zero-order valence-corrected chi connectivity index (χ0v) is 11.0. The summed E-state index contributed by atoms with van der Waals surface area (Å²) in [6.07, 6.45) is 4.50. The fraction of sp³-hybridized carbons (Fsp3) is 0.286.